The summed E-state index contributed by atoms with van der Waals surface area (Å²) in [7, 11) is 0. The molecule has 2 unspecified atom stereocenters. The average Bonchev–Trinajstić information content (AvgIpc) is 3.17. The van der Waals surface area contributed by atoms with Crippen LogP contribution in [0.1, 0.15) is 34.5 Å². The standard InChI is InChI=1S/C23H24N2O3/c1-16-12-19-15-28-22(27)23(19,13-16)14-17-5-7-18(8-6-17)21(26)25-11-9-20-4-2-3-10-24-20/h2-8,10,19H,1,9,11-15H2,(H,25,26). The number of rotatable bonds is 6. The van der Waals surface area contributed by atoms with Gasteiger partial charge in [-0.2, -0.15) is 0 Å². The highest BCUT2D eigenvalue weighted by Gasteiger charge is 2.55. The number of pyridine rings is 1. The van der Waals surface area contributed by atoms with Crippen molar-refractivity contribution < 1.29 is 14.3 Å². The van der Waals surface area contributed by atoms with Crippen LogP contribution in [0.2, 0.25) is 0 Å². The summed E-state index contributed by atoms with van der Waals surface area (Å²) in [4.78, 5) is 29.0. The van der Waals surface area contributed by atoms with Gasteiger partial charge in [-0.3, -0.25) is 14.6 Å². The SMILES string of the molecule is C=C1CC2COC(=O)C2(Cc2ccc(C(=O)NCCc3ccccn3)cc2)C1. The van der Waals surface area contributed by atoms with Crippen LogP contribution >= 0.6 is 0 Å². The minimum absolute atomic E-state index is 0.104. The first-order valence-corrected chi connectivity index (χ1v) is 9.68. The van der Waals surface area contributed by atoms with Crippen LogP contribution in [-0.4, -0.2) is 30.0 Å². The lowest BCUT2D eigenvalue weighted by atomic mass is 9.75. The van der Waals surface area contributed by atoms with E-state index in [0.717, 1.165) is 23.3 Å². The summed E-state index contributed by atoms with van der Waals surface area (Å²) in [6, 6.07) is 13.3. The lowest BCUT2D eigenvalue weighted by Crippen LogP contribution is -2.31. The van der Waals surface area contributed by atoms with Crippen LogP contribution < -0.4 is 5.32 Å². The van der Waals surface area contributed by atoms with Crippen molar-refractivity contribution in [2.24, 2.45) is 11.3 Å². The number of esters is 1. The molecule has 2 atom stereocenters. The molecule has 28 heavy (non-hydrogen) atoms. The molecule has 1 aliphatic heterocycles. The number of nitrogens with one attached hydrogen (secondary N) is 1. The Balaban J connectivity index is 1.36. The van der Waals surface area contributed by atoms with E-state index in [9.17, 15) is 9.59 Å². The number of amides is 1. The van der Waals surface area contributed by atoms with E-state index in [1.54, 1.807) is 6.20 Å². The van der Waals surface area contributed by atoms with E-state index in [1.807, 2.05) is 42.5 Å². The molecular weight excluding hydrogens is 352 g/mol. The van der Waals surface area contributed by atoms with Crippen molar-refractivity contribution >= 4 is 11.9 Å². The number of hydrogen-bond acceptors (Lipinski definition) is 4. The molecule has 0 spiro atoms. The maximum absolute atomic E-state index is 12.4. The van der Waals surface area contributed by atoms with Gasteiger partial charge in [0, 0.05) is 36.3 Å². The summed E-state index contributed by atoms with van der Waals surface area (Å²) >= 11 is 0. The monoisotopic (exact) mass is 376 g/mol. The summed E-state index contributed by atoms with van der Waals surface area (Å²) in [6.07, 6.45) is 4.64. The lowest BCUT2D eigenvalue weighted by molar-refractivity contribution is -0.146. The zero-order valence-electron chi connectivity index (χ0n) is 15.8. The van der Waals surface area contributed by atoms with Crippen molar-refractivity contribution in [3.63, 3.8) is 0 Å². The number of aromatic nitrogens is 1. The molecule has 2 aliphatic rings. The van der Waals surface area contributed by atoms with Gasteiger partial charge in [0.05, 0.1) is 12.0 Å². The fourth-order valence-corrected chi connectivity index (χ4v) is 4.35. The topological polar surface area (TPSA) is 68.3 Å². The van der Waals surface area contributed by atoms with Crippen molar-refractivity contribution in [1.29, 1.82) is 0 Å². The Bertz CT molecular complexity index is 892. The van der Waals surface area contributed by atoms with Crippen LogP contribution in [0, 0.1) is 11.3 Å². The van der Waals surface area contributed by atoms with Gasteiger partial charge in [-0.15, -0.1) is 0 Å². The third kappa shape index (κ3) is 3.57. The third-order valence-corrected chi connectivity index (χ3v) is 5.83. The molecule has 5 nitrogen and oxygen atoms in total. The summed E-state index contributed by atoms with van der Waals surface area (Å²) in [6.45, 7) is 5.11. The highest BCUT2D eigenvalue weighted by Crippen LogP contribution is 2.52. The highest BCUT2D eigenvalue weighted by atomic mass is 16.5. The van der Waals surface area contributed by atoms with E-state index in [-0.39, 0.29) is 17.8 Å². The van der Waals surface area contributed by atoms with Crippen LogP contribution in [-0.2, 0) is 22.4 Å². The second-order valence-corrected chi connectivity index (χ2v) is 7.78. The van der Waals surface area contributed by atoms with Crippen molar-refractivity contribution in [3.8, 4) is 0 Å². The van der Waals surface area contributed by atoms with Gasteiger partial charge in [0.1, 0.15) is 0 Å². The van der Waals surface area contributed by atoms with Gasteiger partial charge < -0.3 is 10.1 Å². The molecule has 2 fully saturated rings. The van der Waals surface area contributed by atoms with Gasteiger partial charge in [0.2, 0.25) is 0 Å². The Morgan fingerprint density at radius 1 is 1.25 bits per heavy atom. The number of carbonyl (C=O) groups excluding carboxylic acids is 2. The molecule has 1 aromatic heterocycles. The normalized spacial score (nSPS) is 23.4. The van der Waals surface area contributed by atoms with Crippen molar-refractivity contribution in [2.75, 3.05) is 13.2 Å². The maximum atomic E-state index is 12.4. The Morgan fingerprint density at radius 3 is 2.82 bits per heavy atom. The highest BCUT2D eigenvalue weighted by molar-refractivity contribution is 5.94. The Kier molecular flexibility index (Phi) is 4.99. The lowest BCUT2D eigenvalue weighted by Gasteiger charge is -2.24. The largest absolute Gasteiger partial charge is 0.465 e. The number of allylic oxidation sites excluding steroid dienone is 1. The van der Waals surface area contributed by atoms with Crippen LogP contribution in [0.3, 0.4) is 0 Å². The molecule has 1 aliphatic carbocycles. The molecule has 144 valence electrons. The molecule has 1 N–H and O–H groups in total. The Hall–Kier alpha value is -2.95. The van der Waals surface area contributed by atoms with Gasteiger partial charge >= 0.3 is 5.97 Å². The predicted molar refractivity (Wildman–Crippen MR) is 106 cm³/mol. The second-order valence-electron chi connectivity index (χ2n) is 7.78. The summed E-state index contributed by atoms with van der Waals surface area (Å²) < 4.78 is 5.34. The van der Waals surface area contributed by atoms with Crippen LogP contribution in [0.15, 0.2) is 60.8 Å². The zero-order chi connectivity index (χ0) is 19.6. The molecule has 0 bridgehead atoms. The minimum atomic E-state index is -0.469. The maximum Gasteiger partial charge on any atom is 0.313 e. The summed E-state index contributed by atoms with van der Waals surface area (Å²) in [5.41, 5.74) is 3.27. The van der Waals surface area contributed by atoms with E-state index < -0.39 is 5.41 Å². The molecule has 5 heteroatoms. The van der Waals surface area contributed by atoms with Crippen molar-refractivity contribution in [1.82, 2.24) is 10.3 Å². The number of nitrogens with zero attached hydrogens (tertiary/aromatic N) is 1. The first-order valence-electron chi connectivity index (χ1n) is 9.68. The minimum Gasteiger partial charge on any atom is -0.465 e. The first-order chi connectivity index (χ1) is 13.6. The summed E-state index contributed by atoms with van der Waals surface area (Å²) in [5, 5.41) is 2.92. The van der Waals surface area contributed by atoms with Gasteiger partial charge in [-0.25, -0.2) is 0 Å². The summed E-state index contributed by atoms with van der Waals surface area (Å²) in [5.74, 6) is 0.0163. The Labute approximate surface area is 164 Å². The van der Waals surface area contributed by atoms with E-state index in [4.69, 9.17) is 4.74 Å². The number of fused-ring (bicyclic) bond motifs is 1. The number of hydrogen-bond donors (Lipinski definition) is 1. The molecule has 1 saturated carbocycles. The first kappa shape index (κ1) is 18.4. The smallest absolute Gasteiger partial charge is 0.313 e. The fraction of sp³-hybridized carbons (Fsp3) is 0.348. The quantitative estimate of drug-likeness (QED) is 0.621. The molecule has 1 aromatic carbocycles. The van der Waals surface area contributed by atoms with Gasteiger partial charge in [-0.05, 0) is 49.1 Å². The molecule has 0 radical (unpaired) electrons. The van der Waals surface area contributed by atoms with E-state index >= 15 is 0 Å². The molecule has 1 amide bonds. The van der Waals surface area contributed by atoms with E-state index in [0.29, 0.717) is 38.0 Å². The van der Waals surface area contributed by atoms with Crippen LogP contribution in [0.4, 0.5) is 0 Å². The van der Waals surface area contributed by atoms with Crippen molar-refractivity contribution in [3.05, 3.63) is 77.6 Å². The molecule has 2 heterocycles. The molecule has 1 saturated heterocycles. The van der Waals surface area contributed by atoms with Crippen LogP contribution in [0.25, 0.3) is 0 Å². The van der Waals surface area contributed by atoms with Gasteiger partial charge in [0.25, 0.3) is 5.91 Å². The third-order valence-electron chi connectivity index (χ3n) is 5.83. The predicted octanol–water partition coefficient (Wildman–Crippen LogP) is 3.11. The van der Waals surface area contributed by atoms with Gasteiger partial charge in [0.15, 0.2) is 0 Å². The number of benzene rings is 1. The number of cyclic esters (lactones) is 1. The molecule has 4 rings (SSSR count). The molecule has 2 aromatic rings. The Morgan fingerprint density at radius 2 is 2.07 bits per heavy atom. The van der Waals surface area contributed by atoms with Gasteiger partial charge in [-0.1, -0.05) is 30.4 Å². The second kappa shape index (κ2) is 7.58. The van der Waals surface area contributed by atoms with Crippen molar-refractivity contribution in [2.45, 2.75) is 25.7 Å². The molecular formula is C23H24N2O3. The van der Waals surface area contributed by atoms with E-state index in [1.165, 1.54) is 0 Å². The number of ether oxygens (including phenoxy) is 1. The number of carbonyl (C=O) groups is 2. The fourth-order valence-electron chi connectivity index (χ4n) is 4.35. The van der Waals surface area contributed by atoms with E-state index in [2.05, 4.69) is 16.9 Å². The zero-order valence-corrected chi connectivity index (χ0v) is 15.8. The van der Waals surface area contributed by atoms with Crippen LogP contribution in [0.5, 0.6) is 0 Å². The average molecular weight is 376 g/mol.